The molecule has 59 heavy (non-hydrogen) atoms. The Balaban J connectivity index is 0.000000287. The summed E-state index contributed by atoms with van der Waals surface area (Å²) in [7, 11) is 1.55. The molecule has 2 aliphatic heterocycles. The second-order valence-electron chi connectivity index (χ2n) is 14.1. The Hall–Kier alpha value is -4.74. The molecule has 11 nitrogen and oxygen atoms in total. The highest BCUT2D eigenvalue weighted by Gasteiger charge is 2.47. The van der Waals surface area contributed by atoms with Gasteiger partial charge in [0.25, 0.3) is 17.8 Å². The Morgan fingerprint density at radius 2 is 1.36 bits per heavy atom. The van der Waals surface area contributed by atoms with E-state index in [-0.39, 0.29) is 77.4 Å². The molecule has 2 aliphatic rings. The van der Waals surface area contributed by atoms with Gasteiger partial charge in [0, 0.05) is 70.0 Å². The van der Waals surface area contributed by atoms with E-state index >= 15 is 0 Å². The number of hydrogen-bond donors (Lipinski definition) is 3. The molecule has 24 heteroatoms. The first-order chi connectivity index (χ1) is 26.9. The van der Waals surface area contributed by atoms with Crippen LogP contribution in [0, 0.1) is 23.5 Å². The Labute approximate surface area is 339 Å². The Bertz CT molecular complexity index is 2050. The van der Waals surface area contributed by atoms with Gasteiger partial charge < -0.3 is 20.9 Å². The number of nitrogens with zero attached hydrogens (tertiary/aromatic N) is 7. The fourth-order valence-corrected chi connectivity index (χ4v) is 6.56. The zero-order valence-electron chi connectivity index (χ0n) is 31.2. The molecule has 4 aromatic heterocycles. The molecule has 3 N–H and O–H groups in total. The van der Waals surface area contributed by atoms with Crippen LogP contribution in [0.1, 0.15) is 48.3 Å². The number of likely N-dealkylation sites (tertiary alicyclic amines) is 1. The molecular weight excluding hydrogens is 884 g/mol. The number of hydrogen-bond acceptors (Lipinski definition) is 9. The summed E-state index contributed by atoms with van der Waals surface area (Å²) in [4.78, 5) is 29.5. The topological polar surface area (TPSA) is 126 Å². The molecule has 0 spiro atoms. The molecule has 1 amide bonds. The maximum absolute atomic E-state index is 14.5. The van der Waals surface area contributed by atoms with Crippen LogP contribution < -0.4 is 16.0 Å². The SMILES string of the molecule is Br.C[C@@H]1CC(F)(F)CN(C(=O)c2nn(C)cc2-c2ncccn2)[C@@H]1CNc1ncc(C(F)(F)F)cc1F.C[C@@H]1CC(F)(F)CN[C@@H]1CNc1ncc(C(F)(F)F)cc1F. The number of rotatable bonds is 8. The van der Waals surface area contributed by atoms with Gasteiger partial charge in [-0.25, -0.2) is 46.3 Å². The Morgan fingerprint density at radius 1 is 0.831 bits per heavy atom. The molecule has 2 saturated heterocycles. The summed E-state index contributed by atoms with van der Waals surface area (Å²) in [6, 6.07) is 0.998. The summed E-state index contributed by atoms with van der Waals surface area (Å²) in [5, 5.41) is 11.9. The Kier molecular flexibility index (Phi) is 14.5. The number of alkyl halides is 10. The van der Waals surface area contributed by atoms with Gasteiger partial charge in [0.2, 0.25) is 0 Å². The lowest BCUT2D eigenvalue weighted by atomic mass is 9.88. The van der Waals surface area contributed by atoms with E-state index in [4.69, 9.17) is 0 Å². The van der Waals surface area contributed by atoms with E-state index in [1.807, 2.05) is 0 Å². The minimum atomic E-state index is -4.78. The first kappa shape index (κ1) is 46.9. The Morgan fingerprint density at radius 3 is 1.86 bits per heavy atom. The number of amides is 1. The second kappa shape index (κ2) is 18.3. The van der Waals surface area contributed by atoms with Crippen molar-refractivity contribution in [2.75, 3.05) is 36.8 Å². The fourth-order valence-electron chi connectivity index (χ4n) is 6.56. The molecule has 0 aliphatic carbocycles. The molecule has 4 atom stereocenters. The van der Waals surface area contributed by atoms with E-state index in [0.29, 0.717) is 18.5 Å². The van der Waals surface area contributed by atoms with Crippen LogP contribution in [0.15, 0.2) is 49.2 Å². The standard InChI is InChI=1S/C22H21F6N7O.C13H15F6N3.BrH/c1-12-7-21(24,25)11-35(16(12)9-32-19-15(23)6-13(8-31-19)22(26,27)28)20(36)17-14(10-34(2)33-17)18-29-4-3-5-30-18;1-7-3-12(15,16)6-22-10(7)5-21-11-9(14)2-8(4-20-11)13(17,18)19;/h3-6,8,10,12,16H,7,9,11H2,1-2H3,(H,31,32);2,4,7,10,22H,3,5-6H2,1H3,(H,20,21);1H/t12-,16-;7-,10-;/m11./s1. The third-order valence-corrected chi connectivity index (χ3v) is 9.41. The fraction of sp³-hybridized carbons (Fsp3) is 0.486. The highest BCUT2D eigenvalue weighted by Crippen LogP contribution is 2.37. The number of carbonyl (C=O) groups is 1. The molecular formula is C35H37BrF12N10O. The summed E-state index contributed by atoms with van der Waals surface area (Å²) >= 11 is 0. The van der Waals surface area contributed by atoms with Gasteiger partial charge in [0.1, 0.15) is 0 Å². The highest BCUT2D eigenvalue weighted by atomic mass is 79.9. The predicted octanol–water partition coefficient (Wildman–Crippen LogP) is 7.89. The van der Waals surface area contributed by atoms with Crippen LogP contribution in [0.4, 0.5) is 64.3 Å². The zero-order chi connectivity index (χ0) is 42.8. The van der Waals surface area contributed by atoms with Gasteiger partial charge in [0.15, 0.2) is 34.8 Å². The smallest absolute Gasteiger partial charge is 0.366 e. The molecule has 0 unspecified atom stereocenters. The second-order valence-corrected chi connectivity index (χ2v) is 14.1. The van der Waals surface area contributed by atoms with Gasteiger partial charge in [0.05, 0.1) is 35.8 Å². The van der Waals surface area contributed by atoms with Gasteiger partial charge in [-0.3, -0.25) is 9.48 Å². The van der Waals surface area contributed by atoms with Gasteiger partial charge >= 0.3 is 12.4 Å². The maximum Gasteiger partial charge on any atom is 0.417 e. The quantitative estimate of drug-likeness (QED) is 0.152. The van der Waals surface area contributed by atoms with Crippen molar-refractivity contribution in [3.63, 3.8) is 0 Å². The van der Waals surface area contributed by atoms with Gasteiger partial charge in [-0.2, -0.15) is 31.4 Å². The molecule has 6 heterocycles. The van der Waals surface area contributed by atoms with E-state index in [9.17, 15) is 57.5 Å². The molecule has 4 aromatic rings. The van der Waals surface area contributed by atoms with Crippen molar-refractivity contribution in [1.82, 2.24) is 39.9 Å². The summed E-state index contributed by atoms with van der Waals surface area (Å²) in [5.74, 6) is -10.9. The lowest BCUT2D eigenvalue weighted by Gasteiger charge is -2.43. The molecule has 0 aromatic carbocycles. The largest absolute Gasteiger partial charge is 0.417 e. The summed E-state index contributed by atoms with van der Waals surface area (Å²) < 4.78 is 160. The van der Waals surface area contributed by atoms with E-state index in [0.717, 1.165) is 4.90 Å². The molecule has 6 rings (SSSR count). The molecule has 2 fully saturated rings. The van der Waals surface area contributed by atoms with Crippen molar-refractivity contribution in [3.8, 4) is 11.4 Å². The van der Waals surface area contributed by atoms with E-state index < -0.39 is 90.2 Å². The number of nitrogens with one attached hydrogen (secondary N) is 3. The van der Waals surface area contributed by atoms with Crippen LogP contribution in [-0.4, -0.2) is 90.6 Å². The third-order valence-electron chi connectivity index (χ3n) is 9.41. The minimum absolute atomic E-state index is 0. The van der Waals surface area contributed by atoms with E-state index in [2.05, 4.69) is 41.0 Å². The lowest BCUT2D eigenvalue weighted by molar-refractivity contribution is -0.138. The van der Waals surface area contributed by atoms with Crippen LogP contribution in [0.5, 0.6) is 0 Å². The number of aromatic nitrogens is 6. The summed E-state index contributed by atoms with van der Waals surface area (Å²) in [6.45, 7) is 1.59. The van der Waals surface area contributed by atoms with Crippen molar-refractivity contribution in [2.45, 2.75) is 63.0 Å². The van der Waals surface area contributed by atoms with Crippen molar-refractivity contribution < 1.29 is 57.5 Å². The first-order valence-corrected chi connectivity index (χ1v) is 17.5. The third kappa shape index (κ3) is 11.9. The van der Waals surface area contributed by atoms with Crippen LogP contribution in [-0.2, 0) is 19.4 Å². The van der Waals surface area contributed by atoms with Gasteiger partial charge in [-0.15, -0.1) is 17.0 Å². The summed E-state index contributed by atoms with van der Waals surface area (Å²) in [5.41, 5.74) is -2.34. The van der Waals surface area contributed by atoms with Crippen molar-refractivity contribution in [3.05, 3.63) is 77.6 Å². The van der Waals surface area contributed by atoms with Crippen molar-refractivity contribution >= 4 is 34.5 Å². The summed E-state index contributed by atoms with van der Waals surface area (Å²) in [6.07, 6.45) is -4.89. The molecule has 0 saturated carbocycles. The number of piperidine rings is 2. The number of anilines is 2. The van der Waals surface area contributed by atoms with Crippen LogP contribution in [0.3, 0.4) is 0 Å². The molecule has 0 bridgehead atoms. The van der Waals surface area contributed by atoms with E-state index in [1.54, 1.807) is 20.0 Å². The van der Waals surface area contributed by atoms with Crippen molar-refractivity contribution in [1.29, 1.82) is 0 Å². The number of carbonyl (C=O) groups excluding carboxylic acids is 1. The average molecular weight is 922 g/mol. The number of aryl methyl sites for hydroxylation is 1. The average Bonchev–Trinajstić information content (AvgIpc) is 3.52. The number of pyridine rings is 2. The molecule has 324 valence electrons. The minimum Gasteiger partial charge on any atom is -0.366 e. The highest BCUT2D eigenvalue weighted by molar-refractivity contribution is 8.93. The maximum atomic E-state index is 14.5. The number of halogens is 13. The van der Waals surface area contributed by atoms with Gasteiger partial charge in [-0.05, 0) is 30.0 Å². The predicted molar refractivity (Wildman–Crippen MR) is 194 cm³/mol. The normalized spacial score (nSPS) is 21.4. The van der Waals surface area contributed by atoms with Crippen LogP contribution >= 0.6 is 17.0 Å². The van der Waals surface area contributed by atoms with Crippen LogP contribution in [0.25, 0.3) is 11.4 Å². The van der Waals surface area contributed by atoms with Crippen molar-refractivity contribution in [2.24, 2.45) is 18.9 Å². The van der Waals surface area contributed by atoms with Crippen LogP contribution in [0.2, 0.25) is 0 Å². The lowest BCUT2D eigenvalue weighted by Crippen LogP contribution is -2.57. The van der Waals surface area contributed by atoms with Gasteiger partial charge in [-0.1, -0.05) is 13.8 Å². The zero-order valence-corrected chi connectivity index (χ0v) is 32.9. The first-order valence-electron chi connectivity index (χ1n) is 17.5. The monoisotopic (exact) mass is 920 g/mol. The van der Waals surface area contributed by atoms with E-state index in [1.165, 1.54) is 30.2 Å². The molecule has 0 radical (unpaired) electrons.